The van der Waals surface area contributed by atoms with Gasteiger partial charge in [0.2, 0.25) is 0 Å². The van der Waals surface area contributed by atoms with Gasteiger partial charge in [0.05, 0.1) is 11.4 Å². The number of rotatable bonds is 5. The minimum atomic E-state index is -0.130. The first-order chi connectivity index (χ1) is 27.0. The van der Waals surface area contributed by atoms with Crippen molar-refractivity contribution in [3.05, 3.63) is 199 Å². The van der Waals surface area contributed by atoms with E-state index in [1.54, 1.807) is 0 Å². The van der Waals surface area contributed by atoms with E-state index in [1.807, 2.05) is 0 Å². The number of hydrogen-bond donors (Lipinski definition) is 0. The lowest BCUT2D eigenvalue weighted by atomic mass is 9.82. The van der Waals surface area contributed by atoms with Crippen LogP contribution in [0, 0.1) is 0 Å². The molecule has 1 aliphatic carbocycles. The Bertz CT molecular complexity index is 3120. The van der Waals surface area contributed by atoms with Crippen LogP contribution in [0.15, 0.2) is 192 Å². The van der Waals surface area contributed by atoms with E-state index in [0.717, 1.165) is 50.1 Å². The Balaban J connectivity index is 1.15. The number of anilines is 3. The Hall–Kier alpha value is -6.90. The van der Waals surface area contributed by atoms with Gasteiger partial charge < -0.3 is 9.32 Å². The molecule has 1 heterocycles. The van der Waals surface area contributed by atoms with Crippen LogP contribution in [0.3, 0.4) is 0 Å². The van der Waals surface area contributed by atoms with Crippen molar-refractivity contribution >= 4 is 60.5 Å². The molecule has 0 atom stereocenters. The Morgan fingerprint density at radius 3 is 1.85 bits per heavy atom. The number of fused-ring (bicyclic) bond motifs is 8. The molecule has 1 aromatic heterocycles. The Kier molecular flexibility index (Phi) is 6.93. The van der Waals surface area contributed by atoms with Crippen molar-refractivity contribution in [2.24, 2.45) is 0 Å². The molecule has 0 radical (unpaired) electrons. The zero-order valence-electron chi connectivity index (χ0n) is 30.8. The van der Waals surface area contributed by atoms with Gasteiger partial charge in [0.25, 0.3) is 0 Å². The SMILES string of the molecule is CC1(C)c2ccccc2-c2c(N(c3ccc(-c4cccc5ccccc45)cc3)c3ccccc3-c3cccc4c3oc3cc5ccccc5cc34)cccc21. The first-order valence-corrected chi connectivity index (χ1v) is 19.1. The van der Waals surface area contributed by atoms with Crippen molar-refractivity contribution in [3.8, 4) is 33.4 Å². The van der Waals surface area contributed by atoms with Crippen LogP contribution in [0.5, 0.6) is 0 Å². The molecule has 9 aromatic carbocycles. The largest absolute Gasteiger partial charge is 0.455 e. The van der Waals surface area contributed by atoms with E-state index in [-0.39, 0.29) is 5.41 Å². The Morgan fingerprint density at radius 1 is 0.418 bits per heavy atom. The summed E-state index contributed by atoms with van der Waals surface area (Å²) in [5, 5.41) is 7.14. The van der Waals surface area contributed by atoms with Gasteiger partial charge in [-0.2, -0.15) is 0 Å². The van der Waals surface area contributed by atoms with Crippen molar-refractivity contribution in [1.29, 1.82) is 0 Å². The molecule has 260 valence electrons. The molecule has 0 saturated carbocycles. The fourth-order valence-corrected chi connectivity index (χ4v) is 9.19. The predicted molar refractivity (Wildman–Crippen MR) is 232 cm³/mol. The standard InChI is InChI=1S/C53H37NO/c1-53(2)46-24-9-7-20-44(46)51-47(53)25-13-27-49(51)54(38-30-28-35(29-31-38)40-21-11-17-34-14-5-6-18-39(34)40)48-26-10-8-19-41(48)42-22-12-23-43-45-32-36-15-3-4-16-37(36)33-50(45)55-52(42)43/h3-33H,1-2H3. The van der Waals surface area contributed by atoms with Crippen LogP contribution in [0.1, 0.15) is 25.0 Å². The zero-order valence-corrected chi connectivity index (χ0v) is 30.8. The molecule has 2 nitrogen and oxygen atoms in total. The number of hydrogen-bond acceptors (Lipinski definition) is 2. The number of nitrogens with zero attached hydrogens (tertiary/aromatic N) is 1. The molecule has 0 aliphatic heterocycles. The Morgan fingerprint density at radius 2 is 1.00 bits per heavy atom. The van der Waals surface area contributed by atoms with Crippen molar-refractivity contribution in [3.63, 3.8) is 0 Å². The van der Waals surface area contributed by atoms with Crippen LogP contribution in [0.25, 0.3) is 76.9 Å². The molecule has 0 N–H and O–H groups in total. The second-order valence-electron chi connectivity index (χ2n) is 15.3. The lowest BCUT2D eigenvalue weighted by molar-refractivity contribution is 0.660. The lowest BCUT2D eigenvalue weighted by Gasteiger charge is -2.30. The predicted octanol–water partition coefficient (Wildman–Crippen LogP) is 15.0. The van der Waals surface area contributed by atoms with E-state index in [1.165, 1.54) is 54.9 Å². The highest BCUT2D eigenvalue weighted by atomic mass is 16.3. The first kappa shape index (κ1) is 31.6. The molecule has 0 amide bonds. The van der Waals surface area contributed by atoms with Gasteiger partial charge in [0.1, 0.15) is 11.2 Å². The van der Waals surface area contributed by atoms with Crippen molar-refractivity contribution < 1.29 is 4.42 Å². The zero-order chi connectivity index (χ0) is 36.7. The van der Waals surface area contributed by atoms with Crippen LogP contribution in [0.2, 0.25) is 0 Å². The van der Waals surface area contributed by atoms with Crippen LogP contribution in [0.4, 0.5) is 17.1 Å². The van der Waals surface area contributed by atoms with E-state index in [4.69, 9.17) is 4.42 Å². The number of furan rings is 1. The van der Waals surface area contributed by atoms with E-state index in [2.05, 4.69) is 207 Å². The van der Waals surface area contributed by atoms with Crippen LogP contribution in [-0.2, 0) is 5.41 Å². The summed E-state index contributed by atoms with van der Waals surface area (Å²) in [5.74, 6) is 0. The molecule has 0 unspecified atom stereocenters. The molecular weight excluding hydrogens is 667 g/mol. The van der Waals surface area contributed by atoms with Crippen LogP contribution in [-0.4, -0.2) is 0 Å². The Labute approximate surface area is 320 Å². The fourth-order valence-electron chi connectivity index (χ4n) is 9.19. The van der Waals surface area contributed by atoms with E-state index in [0.29, 0.717) is 0 Å². The van der Waals surface area contributed by atoms with Gasteiger partial charge >= 0.3 is 0 Å². The van der Waals surface area contributed by atoms with Crippen molar-refractivity contribution in [2.45, 2.75) is 19.3 Å². The molecule has 10 aromatic rings. The molecule has 0 spiro atoms. The first-order valence-electron chi connectivity index (χ1n) is 19.1. The average Bonchev–Trinajstić information content (AvgIpc) is 3.72. The summed E-state index contributed by atoms with van der Waals surface area (Å²) in [5.41, 5.74) is 14.9. The van der Waals surface area contributed by atoms with Gasteiger partial charge in [0, 0.05) is 38.6 Å². The summed E-state index contributed by atoms with van der Waals surface area (Å²) in [7, 11) is 0. The summed E-state index contributed by atoms with van der Waals surface area (Å²) < 4.78 is 6.82. The number of benzene rings is 9. The van der Waals surface area contributed by atoms with Gasteiger partial charge in [0.15, 0.2) is 0 Å². The third-order valence-corrected chi connectivity index (χ3v) is 11.9. The van der Waals surface area contributed by atoms with Gasteiger partial charge in [-0.15, -0.1) is 0 Å². The topological polar surface area (TPSA) is 16.4 Å². The molecule has 0 fully saturated rings. The fraction of sp³-hybridized carbons (Fsp3) is 0.0566. The van der Waals surface area contributed by atoms with Gasteiger partial charge in [-0.3, -0.25) is 0 Å². The molecule has 11 rings (SSSR count). The maximum atomic E-state index is 6.82. The highest BCUT2D eigenvalue weighted by molar-refractivity contribution is 6.14. The molecule has 55 heavy (non-hydrogen) atoms. The lowest BCUT2D eigenvalue weighted by Crippen LogP contribution is -2.16. The molecular formula is C53H37NO. The van der Waals surface area contributed by atoms with Crippen LogP contribution >= 0.6 is 0 Å². The summed E-state index contributed by atoms with van der Waals surface area (Å²) in [4.78, 5) is 2.47. The monoisotopic (exact) mass is 703 g/mol. The maximum Gasteiger partial charge on any atom is 0.143 e. The van der Waals surface area contributed by atoms with E-state index >= 15 is 0 Å². The summed E-state index contributed by atoms with van der Waals surface area (Å²) in [6, 6.07) is 68.4. The maximum absolute atomic E-state index is 6.82. The summed E-state index contributed by atoms with van der Waals surface area (Å²) in [6.07, 6.45) is 0. The minimum Gasteiger partial charge on any atom is -0.455 e. The third-order valence-electron chi connectivity index (χ3n) is 11.9. The highest BCUT2D eigenvalue weighted by Gasteiger charge is 2.38. The van der Waals surface area contributed by atoms with Gasteiger partial charge in [-0.25, -0.2) is 0 Å². The second-order valence-corrected chi connectivity index (χ2v) is 15.3. The second kappa shape index (κ2) is 12.1. The minimum absolute atomic E-state index is 0.130. The summed E-state index contributed by atoms with van der Waals surface area (Å²) >= 11 is 0. The van der Waals surface area contributed by atoms with Crippen molar-refractivity contribution in [2.75, 3.05) is 4.90 Å². The van der Waals surface area contributed by atoms with E-state index < -0.39 is 0 Å². The normalized spacial score (nSPS) is 13.1. The van der Waals surface area contributed by atoms with E-state index in [9.17, 15) is 0 Å². The quantitative estimate of drug-likeness (QED) is 0.177. The molecule has 2 heteroatoms. The van der Waals surface area contributed by atoms with Crippen molar-refractivity contribution in [1.82, 2.24) is 0 Å². The van der Waals surface area contributed by atoms with Gasteiger partial charge in [-0.1, -0.05) is 166 Å². The van der Waals surface area contributed by atoms with Gasteiger partial charge in [-0.05, 0) is 85.8 Å². The average molecular weight is 704 g/mol. The molecule has 0 bridgehead atoms. The molecule has 0 saturated heterocycles. The summed E-state index contributed by atoms with van der Waals surface area (Å²) in [6.45, 7) is 4.70. The highest BCUT2D eigenvalue weighted by Crippen LogP contribution is 2.55. The van der Waals surface area contributed by atoms with Crippen LogP contribution < -0.4 is 4.90 Å². The smallest absolute Gasteiger partial charge is 0.143 e. The molecule has 1 aliphatic rings. The number of para-hydroxylation sites is 2. The third kappa shape index (κ3) is 4.81.